The number of hydrogen-bond acceptors (Lipinski definition) is 5. The highest BCUT2D eigenvalue weighted by Gasteiger charge is 2.32. The van der Waals surface area contributed by atoms with Crippen LogP contribution in [0, 0.1) is 16.7 Å². The van der Waals surface area contributed by atoms with Crippen LogP contribution < -0.4 is 5.32 Å². The van der Waals surface area contributed by atoms with Crippen molar-refractivity contribution >= 4 is 22.9 Å². The Morgan fingerprint density at radius 3 is 2.71 bits per heavy atom. The predicted octanol–water partition coefficient (Wildman–Crippen LogP) is 3.13. The minimum absolute atomic E-state index is 0.0430. The second kappa shape index (κ2) is 8.72. The molecule has 2 heterocycles. The van der Waals surface area contributed by atoms with Gasteiger partial charge in [0.15, 0.2) is 0 Å². The highest BCUT2D eigenvalue weighted by molar-refractivity contribution is 5.82. The van der Waals surface area contributed by atoms with Crippen molar-refractivity contribution in [3.05, 3.63) is 48.1 Å². The highest BCUT2D eigenvalue weighted by Crippen LogP contribution is 2.29. The fraction of sp³-hybridized carbons (Fsp3) is 0.435. The number of carbonyl (C=O) groups is 2. The van der Waals surface area contributed by atoms with Gasteiger partial charge in [0, 0.05) is 36.7 Å². The first-order chi connectivity index (χ1) is 14.6. The molecule has 0 saturated carbocycles. The molecular weight excluding hydrogens is 394 g/mol. The molecule has 0 saturated heterocycles. The van der Waals surface area contributed by atoms with E-state index >= 15 is 0 Å². The summed E-state index contributed by atoms with van der Waals surface area (Å²) in [6.07, 6.45) is 10.2. The van der Waals surface area contributed by atoms with Gasteiger partial charge in [0.25, 0.3) is 0 Å². The van der Waals surface area contributed by atoms with Crippen LogP contribution in [0.1, 0.15) is 51.6 Å². The van der Waals surface area contributed by atoms with Gasteiger partial charge >= 0.3 is 5.97 Å². The molecule has 8 nitrogen and oxygen atoms in total. The van der Waals surface area contributed by atoms with E-state index in [9.17, 15) is 14.9 Å². The van der Waals surface area contributed by atoms with Crippen molar-refractivity contribution in [1.82, 2.24) is 19.9 Å². The minimum Gasteiger partial charge on any atom is -0.481 e. The lowest BCUT2D eigenvalue weighted by molar-refractivity contribution is -0.139. The van der Waals surface area contributed by atoms with Crippen molar-refractivity contribution in [2.45, 2.75) is 58.5 Å². The smallest absolute Gasteiger partial charge is 0.303 e. The molecule has 162 valence electrons. The number of nitrogens with zero attached hydrogens (tertiary/aromatic N) is 4. The number of nitriles is 1. The van der Waals surface area contributed by atoms with Crippen molar-refractivity contribution in [3.63, 3.8) is 0 Å². The van der Waals surface area contributed by atoms with Crippen LogP contribution >= 0.6 is 0 Å². The molecule has 1 amide bonds. The van der Waals surface area contributed by atoms with Gasteiger partial charge in [-0.1, -0.05) is 45.1 Å². The highest BCUT2D eigenvalue weighted by atomic mass is 16.4. The molecule has 2 N–H and O–H groups in total. The van der Waals surface area contributed by atoms with Crippen LogP contribution in [0.2, 0.25) is 0 Å². The third-order valence-corrected chi connectivity index (χ3v) is 5.05. The molecule has 8 heteroatoms. The summed E-state index contributed by atoms with van der Waals surface area (Å²) >= 11 is 0. The van der Waals surface area contributed by atoms with Gasteiger partial charge in [-0.3, -0.25) is 9.59 Å². The minimum atomic E-state index is -1.000. The standard InChI is InChI=1S/C23H27N5O3/c1-22(2,3)15-28-17(11-16-14-25-18(13-24)26-21(16)28)12-23(9-5-4-6-10-23)27-19(29)7-8-20(30)31/h4-6,9,11,14H,7-8,10,12,15H2,1-3H3,(H,27,29)(H,30,31). The Morgan fingerprint density at radius 1 is 1.32 bits per heavy atom. The first-order valence-corrected chi connectivity index (χ1v) is 10.2. The number of fused-ring (bicyclic) bond motifs is 1. The lowest BCUT2D eigenvalue weighted by Gasteiger charge is -2.33. The second-order valence-corrected chi connectivity index (χ2v) is 9.13. The summed E-state index contributed by atoms with van der Waals surface area (Å²) in [5, 5.41) is 22.0. The van der Waals surface area contributed by atoms with Crippen molar-refractivity contribution < 1.29 is 14.7 Å². The molecule has 3 rings (SSSR count). The zero-order valence-electron chi connectivity index (χ0n) is 18.1. The lowest BCUT2D eigenvalue weighted by Crippen LogP contribution is -2.49. The summed E-state index contributed by atoms with van der Waals surface area (Å²) in [5.74, 6) is -1.18. The second-order valence-electron chi connectivity index (χ2n) is 9.13. The van der Waals surface area contributed by atoms with Crippen LogP contribution in [0.25, 0.3) is 11.0 Å². The maximum absolute atomic E-state index is 12.5. The van der Waals surface area contributed by atoms with E-state index in [1.54, 1.807) is 6.20 Å². The van der Waals surface area contributed by atoms with Crippen LogP contribution in [0.15, 0.2) is 36.6 Å². The van der Waals surface area contributed by atoms with Crippen molar-refractivity contribution in [3.8, 4) is 6.07 Å². The van der Waals surface area contributed by atoms with Crippen molar-refractivity contribution in [1.29, 1.82) is 5.26 Å². The van der Waals surface area contributed by atoms with E-state index < -0.39 is 11.5 Å². The lowest BCUT2D eigenvalue weighted by atomic mass is 9.85. The van der Waals surface area contributed by atoms with Gasteiger partial charge in [0.1, 0.15) is 11.7 Å². The first kappa shape index (κ1) is 22.2. The van der Waals surface area contributed by atoms with E-state index in [0.717, 1.165) is 11.1 Å². The normalized spacial score (nSPS) is 18.1. The molecule has 0 fully saturated rings. The van der Waals surface area contributed by atoms with Gasteiger partial charge in [-0.2, -0.15) is 5.26 Å². The van der Waals surface area contributed by atoms with Gasteiger partial charge in [-0.25, -0.2) is 9.97 Å². The Balaban J connectivity index is 2.00. The van der Waals surface area contributed by atoms with Crippen LogP contribution in [-0.2, 0) is 22.6 Å². The third kappa shape index (κ3) is 5.57. The van der Waals surface area contributed by atoms with Crippen LogP contribution in [-0.4, -0.2) is 37.1 Å². The van der Waals surface area contributed by atoms with E-state index in [1.807, 2.05) is 36.4 Å². The predicted molar refractivity (Wildman–Crippen MR) is 116 cm³/mol. The molecule has 1 aliphatic rings. The number of allylic oxidation sites excluding steroid dienone is 2. The van der Waals surface area contributed by atoms with Crippen LogP contribution in [0.4, 0.5) is 0 Å². The Labute approximate surface area is 181 Å². The molecule has 0 bridgehead atoms. The average Bonchev–Trinajstić information content (AvgIpc) is 3.01. The molecule has 2 aromatic heterocycles. The Hall–Kier alpha value is -3.47. The number of rotatable bonds is 7. The van der Waals surface area contributed by atoms with Gasteiger partial charge in [-0.15, -0.1) is 0 Å². The largest absolute Gasteiger partial charge is 0.481 e. The van der Waals surface area contributed by atoms with Crippen molar-refractivity contribution in [2.24, 2.45) is 5.41 Å². The summed E-state index contributed by atoms with van der Waals surface area (Å²) in [5.41, 5.74) is 0.949. The molecule has 1 unspecified atom stereocenters. The fourth-order valence-corrected chi connectivity index (χ4v) is 3.76. The van der Waals surface area contributed by atoms with E-state index in [0.29, 0.717) is 25.0 Å². The van der Waals surface area contributed by atoms with Crippen LogP contribution in [0.5, 0.6) is 0 Å². The number of amides is 1. The summed E-state index contributed by atoms with van der Waals surface area (Å²) in [4.78, 5) is 31.9. The molecule has 0 radical (unpaired) electrons. The number of carbonyl (C=O) groups excluding carboxylic acids is 1. The van der Waals surface area contributed by atoms with Gasteiger partial charge in [-0.05, 0) is 17.9 Å². The van der Waals surface area contributed by atoms with E-state index in [4.69, 9.17) is 5.11 Å². The zero-order chi connectivity index (χ0) is 22.6. The maximum atomic E-state index is 12.5. The fourth-order valence-electron chi connectivity index (χ4n) is 3.76. The molecule has 2 aromatic rings. The SMILES string of the molecule is CC(C)(C)Cn1c(CC2(NC(=O)CCC(=O)O)C=CC=CC2)cc2cnc(C#N)nc21. The van der Waals surface area contributed by atoms with Crippen LogP contribution in [0.3, 0.4) is 0 Å². The summed E-state index contributed by atoms with van der Waals surface area (Å²) in [6, 6.07) is 4.00. The molecule has 0 aliphatic heterocycles. The summed E-state index contributed by atoms with van der Waals surface area (Å²) < 4.78 is 2.09. The number of aromatic nitrogens is 3. The molecular formula is C23H27N5O3. The van der Waals surface area contributed by atoms with Gasteiger partial charge in [0.05, 0.1) is 12.0 Å². The quantitative estimate of drug-likeness (QED) is 0.708. The summed E-state index contributed by atoms with van der Waals surface area (Å²) in [6.45, 7) is 7.06. The number of nitrogens with one attached hydrogen (secondary N) is 1. The average molecular weight is 422 g/mol. The monoisotopic (exact) mass is 421 g/mol. The number of carboxylic acid groups (broad SMARTS) is 1. The van der Waals surface area contributed by atoms with E-state index in [2.05, 4.69) is 40.6 Å². The zero-order valence-corrected chi connectivity index (χ0v) is 18.1. The van der Waals surface area contributed by atoms with Crippen molar-refractivity contribution in [2.75, 3.05) is 0 Å². The van der Waals surface area contributed by atoms with E-state index in [1.165, 1.54) is 0 Å². The Kier molecular flexibility index (Phi) is 6.25. The number of hydrogen-bond donors (Lipinski definition) is 2. The third-order valence-electron chi connectivity index (χ3n) is 5.05. The Morgan fingerprint density at radius 2 is 2.10 bits per heavy atom. The van der Waals surface area contributed by atoms with E-state index in [-0.39, 0.29) is 30.0 Å². The molecule has 1 atom stereocenters. The maximum Gasteiger partial charge on any atom is 0.303 e. The summed E-state index contributed by atoms with van der Waals surface area (Å²) in [7, 11) is 0. The molecule has 31 heavy (non-hydrogen) atoms. The molecule has 1 aliphatic carbocycles. The van der Waals surface area contributed by atoms with Gasteiger partial charge in [0.2, 0.25) is 11.7 Å². The molecule has 0 aromatic carbocycles. The number of carboxylic acids is 1. The first-order valence-electron chi connectivity index (χ1n) is 10.2. The van der Waals surface area contributed by atoms with Gasteiger partial charge < -0.3 is 15.0 Å². The topological polar surface area (TPSA) is 121 Å². The number of aliphatic carboxylic acids is 1. The molecule has 0 spiro atoms. The Bertz CT molecular complexity index is 1100.